The minimum Gasteiger partial charge on any atom is -0.463 e. The molecule has 0 saturated carbocycles. The summed E-state index contributed by atoms with van der Waals surface area (Å²) in [6, 6.07) is 2.52. The number of hydrogen-bond donors (Lipinski definition) is 2. The summed E-state index contributed by atoms with van der Waals surface area (Å²) in [5.74, 6) is -1.62. The van der Waals surface area contributed by atoms with E-state index >= 15 is 0 Å². The van der Waals surface area contributed by atoms with Crippen LogP contribution in [0.4, 0.5) is 0 Å². The van der Waals surface area contributed by atoms with Gasteiger partial charge >= 0.3 is 11.9 Å². The SMILES string of the molecule is CCOC(=O)c1cc2occc2n1COCCOC(=O)[C@H](NC(=O)CN)C(C)C. The van der Waals surface area contributed by atoms with E-state index < -0.39 is 23.9 Å². The molecule has 2 aromatic rings. The van der Waals surface area contributed by atoms with Crippen LogP contribution < -0.4 is 11.1 Å². The molecule has 10 nitrogen and oxygen atoms in total. The van der Waals surface area contributed by atoms with Crippen molar-refractivity contribution >= 4 is 28.9 Å². The Balaban J connectivity index is 1.88. The number of nitrogens with one attached hydrogen (secondary N) is 1. The van der Waals surface area contributed by atoms with Crippen LogP contribution in [0.2, 0.25) is 0 Å². The van der Waals surface area contributed by atoms with Crippen LogP contribution in [0.1, 0.15) is 31.3 Å². The molecule has 10 heteroatoms. The number of carbonyl (C=O) groups excluding carboxylic acids is 3. The molecule has 29 heavy (non-hydrogen) atoms. The Bertz CT molecular complexity index is 840. The standard InChI is InChI=1S/C19H27N3O7/c1-4-27-18(24)14-9-15-13(5-6-28-15)22(14)11-26-7-8-29-19(25)17(12(2)3)21-16(23)10-20/h5-6,9,12,17H,4,7-8,10-11,20H2,1-3H3,(H,21,23)/t17-/m1/s1. The summed E-state index contributed by atoms with van der Waals surface area (Å²) in [6.07, 6.45) is 1.51. The smallest absolute Gasteiger partial charge is 0.355 e. The van der Waals surface area contributed by atoms with Crippen molar-refractivity contribution in [2.75, 3.05) is 26.4 Å². The van der Waals surface area contributed by atoms with E-state index in [-0.39, 0.29) is 39.0 Å². The minimum atomic E-state index is -0.781. The quantitative estimate of drug-likeness (QED) is 0.415. The number of furan rings is 1. The van der Waals surface area contributed by atoms with Gasteiger partial charge in [0.25, 0.3) is 0 Å². The third-order valence-electron chi connectivity index (χ3n) is 4.12. The number of fused-ring (bicyclic) bond motifs is 1. The van der Waals surface area contributed by atoms with Crippen LogP contribution in [0, 0.1) is 5.92 Å². The molecule has 2 rings (SSSR count). The zero-order valence-corrected chi connectivity index (χ0v) is 16.8. The number of nitrogens with zero attached hydrogens (tertiary/aromatic N) is 1. The highest BCUT2D eigenvalue weighted by atomic mass is 16.6. The van der Waals surface area contributed by atoms with Crippen molar-refractivity contribution in [3.63, 3.8) is 0 Å². The summed E-state index contributed by atoms with van der Waals surface area (Å²) in [4.78, 5) is 35.7. The Morgan fingerprint density at radius 1 is 1.24 bits per heavy atom. The Labute approximate surface area is 168 Å². The summed E-state index contributed by atoms with van der Waals surface area (Å²) in [6.45, 7) is 5.48. The maximum Gasteiger partial charge on any atom is 0.355 e. The molecular weight excluding hydrogens is 382 g/mol. The van der Waals surface area contributed by atoms with Gasteiger partial charge in [-0.1, -0.05) is 13.8 Å². The van der Waals surface area contributed by atoms with E-state index in [1.54, 1.807) is 37.5 Å². The number of esters is 2. The van der Waals surface area contributed by atoms with E-state index in [1.165, 1.54) is 6.26 Å². The molecule has 0 spiro atoms. The normalized spacial score (nSPS) is 12.2. The lowest BCUT2D eigenvalue weighted by molar-refractivity contribution is -0.150. The first-order valence-corrected chi connectivity index (χ1v) is 9.36. The summed E-state index contributed by atoms with van der Waals surface area (Å²) in [7, 11) is 0. The maximum absolute atomic E-state index is 12.2. The van der Waals surface area contributed by atoms with E-state index in [0.717, 1.165) is 0 Å². The van der Waals surface area contributed by atoms with Crippen molar-refractivity contribution < 1.29 is 33.0 Å². The maximum atomic E-state index is 12.2. The molecule has 3 N–H and O–H groups in total. The molecule has 2 heterocycles. The van der Waals surface area contributed by atoms with Crippen LogP contribution in [0.15, 0.2) is 22.8 Å². The van der Waals surface area contributed by atoms with Crippen LogP contribution in [-0.4, -0.2) is 54.8 Å². The van der Waals surface area contributed by atoms with Crippen LogP contribution in [0.5, 0.6) is 0 Å². The second kappa shape index (κ2) is 10.6. The number of aromatic nitrogens is 1. The van der Waals surface area contributed by atoms with Crippen molar-refractivity contribution in [1.29, 1.82) is 0 Å². The van der Waals surface area contributed by atoms with Gasteiger partial charge in [-0.25, -0.2) is 9.59 Å². The molecule has 1 atom stereocenters. The van der Waals surface area contributed by atoms with E-state index in [4.69, 9.17) is 24.4 Å². The van der Waals surface area contributed by atoms with Gasteiger partial charge in [0, 0.05) is 12.1 Å². The third kappa shape index (κ3) is 5.81. The highest BCUT2D eigenvalue weighted by molar-refractivity contribution is 5.94. The summed E-state index contributed by atoms with van der Waals surface area (Å²) in [5.41, 5.74) is 6.80. The molecule has 0 aliphatic heterocycles. The summed E-state index contributed by atoms with van der Waals surface area (Å²) >= 11 is 0. The molecule has 0 saturated heterocycles. The average Bonchev–Trinajstić information content (AvgIpc) is 3.27. The molecule has 2 aromatic heterocycles. The van der Waals surface area contributed by atoms with Gasteiger partial charge < -0.3 is 34.2 Å². The highest BCUT2D eigenvalue weighted by Gasteiger charge is 2.25. The molecule has 0 aromatic carbocycles. The van der Waals surface area contributed by atoms with E-state index in [1.807, 2.05) is 0 Å². The largest absolute Gasteiger partial charge is 0.463 e. The van der Waals surface area contributed by atoms with E-state index in [2.05, 4.69) is 5.32 Å². The van der Waals surface area contributed by atoms with Gasteiger partial charge in [0.1, 0.15) is 25.1 Å². The van der Waals surface area contributed by atoms with E-state index in [9.17, 15) is 14.4 Å². The van der Waals surface area contributed by atoms with Crippen molar-refractivity contribution in [3.8, 4) is 0 Å². The minimum absolute atomic E-state index is 0.00884. The zero-order chi connectivity index (χ0) is 21.4. The summed E-state index contributed by atoms with van der Waals surface area (Å²) in [5, 5.41) is 2.53. The third-order valence-corrected chi connectivity index (χ3v) is 4.12. The molecular formula is C19H27N3O7. The monoisotopic (exact) mass is 409 g/mol. The summed E-state index contributed by atoms with van der Waals surface area (Å²) < 4.78 is 22.7. The lowest BCUT2D eigenvalue weighted by Crippen LogP contribution is -2.47. The van der Waals surface area contributed by atoms with Crippen LogP contribution in [-0.2, 0) is 30.5 Å². The number of nitrogens with two attached hydrogens (primary N) is 1. The van der Waals surface area contributed by atoms with Crippen molar-refractivity contribution in [3.05, 3.63) is 24.1 Å². The Morgan fingerprint density at radius 3 is 2.66 bits per heavy atom. The van der Waals surface area contributed by atoms with Crippen molar-refractivity contribution in [2.45, 2.75) is 33.5 Å². The topological polar surface area (TPSA) is 135 Å². The number of hydrogen-bond acceptors (Lipinski definition) is 8. The first kappa shape index (κ1) is 22.4. The van der Waals surface area contributed by atoms with Gasteiger partial charge in [-0.05, 0) is 12.8 Å². The Hall–Kier alpha value is -2.85. The predicted octanol–water partition coefficient (Wildman–Crippen LogP) is 1.03. The van der Waals surface area contributed by atoms with Crippen LogP contribution >= 0.6 is 0 Å². The van der Waals surface area contributed by atoms with Gasteiger partial charge in [0.05, 0.1) is 31.5 Å². The predicted molar refractivity (Wildman–Crippen MR) is 103 cm³/mol. The number of ether oxygens (including phenoxy) is 3. The van der Waals surface area contributed by atoms with Crippen LogP contribution in [0.3, 0.4) is 0 Å². The lowest BCUT2D eigenvalue weighted by Gasteiger charge is -2.20. The Kier molecular flexibility index (Phi) is 8.22. The van der Waals surface area contributed by atoms with Gasteiger partial charge in [-0.2, -0.15) is 0 Å². The molecule has 0 fully saturated rings. The molecule has 0 aliphatic rings. The van der Waals surface area contributed by atoms with Crippen LogP contribution in [0.25, 0.3) is 11.1 Å². The van der Waals surface area contributed by atoms with Crippen molar-refractivity contribution in [2.24, 2.45) is 11.7 Å². The van der Waals surface area contributed by atoms with Gasteiger partial charge in [0.2, 0.25) is 5.91 Å². The molecule has 160 valence electrons. The number of amides is 1. The number of carbonyl (C=O) groups is 3. The van der Waals surface area contributed by atoms with E-state index in [0.29, 0.717) is 16.8 Å². The second-order valence-electron chi connectivity index (χ2n) is 6.55. The molecule has 0 unspecified atom stereocenters. The highest BCUT2D eigenvalue weighted by Crippen LogP contribution is 2.22. The fourth-order valence-electron chi connectivity index (χ4n) is 2.67. The second-order valence-corrected chi connectivity index (χ2v) is 6.55. The lowest BCUT2D eigenvalue weighted by atomic mass is 10.0. The molecule has 0 aliphatic carbocycles. The number of rotatable bonds is 11. The molecule has 1 amide bonds. The fraction of sp³-hybridized carbons (Fsp3) is 0.526. The first-order chi connectivity index (χ1) is 13.9. The fourth-order valence-corrected chi connectivity index (χ4v) is 2.67. The average molecular weight is 409 g/mol. The molecule has 0 radical (unpaired) electrons. The Morgan fingerprint density at radius 2 is 2.00 bits per heavy atom. The van der Waals surface area contributed by atoms with Gasteiger partial charge in [-0.15, -0.1) is 0 Å². The first-order valence-electron chi connectivity index (χ1n) is 9.36. The van der Waals surface area contributed by atoms with Gasteiger partial charge in [0.15, 0.2) is 5.58 Å². The van der Waals surface area contributed by atoms with Crippen molar-refractivity contribution in [1.82, 2.24) is 9.88 Å². The molecule has 0 bridgehead atoms. The van der Waals surface area contributed by atoms with Gasteiger partial charge in [-0.3, -0.25) is 4.79 Å². The zero-order valence-electron chi connectivity index (χ0n) is 16.8.